The molecule has 0 saturated carbocycles. The maximum atomic E-state index is 5.84. The fraction of sp³-hybridized carbons (Fsp3) is 0.154. The fourth-order valence-electron chi connectivity index (χ4n) is 1.48. The molecule has 2 N–H and O–H groups in total. The molecule has 1 aromatic carbocycles. The zero-order valence-corrected chi connectivity index (χ0v) is 10.9. The van der Waals surface area contributed by atoms with Crippen molar-refractivity contribution in [3.63, 3.8) is 0 Å². The van der Waals surface area contributed by atoms with Crippen LogP contribution in [0.2, 0.25) is 0 Å². The second-order valence-electron chi connectivity index (χ2n) is 3.61. The largest absolute Gasteiger partial charge is 0.477 e. The van der Waals surface area contributed by atoms with E-state index in [0.717, 1.165) is 22.1 Å². The molecule has 0 atom stereocenters. The van der Waals surface area contributed by atoms with Crippen molar-refractivity contribution in [1.29, 1.82) is 0 Å². The highest BCUT2D eigenvalue weighted by molar-refractivity contribution is 9.10. The van der Waals surface area contributed by atoms with Crippen LogP contribution in [0.15, 0.2) is 47.1 Å². The van der Waals surface area contributed by atoms with Gasteiger partial charge in [-0.15, -0.1) is 0 Å². The van der Waals surface area contributed by atoms with Gasteiger partial charge in [-0.2, -0.15) is 0 Å². The molecule has 88 valence electrons. The lowest BCUT2D eigenvalue weighted by Gasteiger charge is -2.07. The van der Waals surface area contributed by atoms with Gasteiger partial charge in [0.1, 0.15) is 0 Å². The van der Waals surface area contributed by atoms with Crippen molar-refractivity contribution in [1.82, 2.24) is 4.98 Å². The first kappa shape index (κ1) is 11.9. The average Bonchev–Trinajstić information content (AvgIpc) is 2.34. The van der Waals surface area contributed by atoms with Gasteiger partial charge in [0.25, 0.3) is 0 Å². The Balaban J connectivity index is 1.88. The molecule has 1 heterocycles. The zero-order chi connectivity index (χ0) is 12.1. The number of pyridine rings is 1. The number of nitrogens with zero attached hydrogens (tertiary/aromatic N) is 1. The fourth-order valence-corrected chi connectivity index (χ4v) is 1.71. The monoisotopic (exact) mass is 292 g/mol. The molecule has 0 unspecified atom stereocenters. The van der Waals surface area contributed by atoms with Crippen molar-refractivity contribution in [2.45, 2.75) is 6.42 Å². The van der Waals surface area contributed by atoms with E-state index in [0.29, 0.717) is 12.5 Å². The third-order valence-corrected chi connectivity index (χ3v) is 2.85. The van der Waals surface area contributed by atoms with Crippen LogP contribution in [0.25, 0.3) is 0 Å². The normalized spacial score (nSPS) is 10.2. The Kier molecular flexibility index (Phi) is 3.98. The lowest BCUT2D eigenvalue weighted by Crippen LogP contribution is -2.04. The summed E-state index contributed by atoms with van der Waals surface area (Å²) in [6.07, 6.45) is 2.50. The van der Waals surface area contributed by atoms with E-state index < -0.39 is 0 Å². The summed E-state index contributed by atoms with van der Waals surface area (Å²) in [6, 6.07) is 11.5. The second-order valence-corrected chi connectivity index (χ2v) is 4.53. The summed E-state index contributed by atoms with van der Waals surface area (Å²) < 4.78 is 6.47. The second kappa shape index (κ2) is 5.68. The van der Waals surface area contributed by atoms with Crippen LogP contribution in [0.3, 0.4) is 0 Å². The van der Waals surface area contributed by atoms with Crippen molar-refractivity contribution in [2.24, 2.45) is 0 Å². The van der Waals surface area contributed by atoms with Crippen molar-refractivity contribution in [2.75, 3.05) is 12.3 Å². The summed E-state index contributed by atoms with van der Waals surface area (Å²) in [4.78, 5) is 4.13. The quantitative estimate of drug-likeness (QED) is 0.881. The van der Waals surface area contributed by atoms with E-state index in [1.54, 1.807) is 6.20 Å². The summed E-state index contributed by atoms with van der Waals surface area (Å²) >= 11 is 3.33. The van der Waals surface area contributed by atoms with Crippen LogP contribution in [0.1, 0.15) is 5.56 Å². The highest BCUT2D eigenvalue weighted by Crippen LogP contribution is 2.14. The Bertz CT molecular complexity index is 485. The number of hydrogen-bond acceptors (Lipinski definition) is 3. The molecule has 0 aliphatic heterocycles. The van der Waals surface area contributed by atoms with Crippen LogP contribution in [-0.2, 0) is 6.42 Å². The number of para-hydroxylation sites is 1. The highest BCUT2D eigenvalue weighted by Gasteiger charge is 1.99. The number of rotatable bonds is 4. The number of halogens is 1. The highest BCUT2D eigenvalue weighted by atomic mass is 79.9. The molecule has 2 rings (SSSR count). The Morgan fingerprint density at radius 3 is 2.71 bits per heavy atom. The molecule has 0 aliphatic carbocycles. The summed E-state index contributed by atoms with van der Waals surface area (Å²) in [7, 11) is 0. The molecule has 2 aromatic rings. The van der Waals surface area contributed by atoms with Gasteiger partial charge in [0.2, 0.25) is 5.88 Å². The van der Waals surface area contributed by atoms with Crippen LogP contribution in [0.5, 0.6) is 5.88 Å². The summed E-state index contributed by atoms with van der Waals surface area (Å²) in [5.74, 6) is 0.628. The minimum atomic E-state index is 0.572. The molecule has 0 saturated heterocycles. The number of nitrogen functional groups attached to an aromatic ring is 1. The van der Waals surface area contributed by atoms with Crippen LogP contribution in [0.4, 0.5) is 5.69 Å². The van der Waals surface area contributed by atoms with E-state index in [2.05, 4.69) is 20.9 Å². The van der Waals surface area contributed by atoms with Crippen molar-refractivity contribution < 1.29 is 4.74 Å². The van der Waals surface area contributed by atoms with Gasteiger partial charge < -0.3 is 10.5 Å². The van der Waals surface area contributed by atoms with Gasteiger partial charge in [-0.05, 0) is 33.6 Å². The van der Waals surface area contributed by atoms with Gasteiger partial charge in [0, 0.05) is 28.8 Å². The predicted molar refractivity (Wildman–Crippen MR) is 72.0 cm³/mol. The third kappa shape index (κ3) is 3.46. The summed E-state index contributed by atoms with van der Waals surface area (Å²) in [5, 5.41) is 0. The molecular weight excluding hydrogens is 280 g/mol. The Labute approximate surface area is 109 Å². The minimum absolute atomic E-state index is 0.572. The van der Waals surface area contributed by atoms with E-state index in [9.17, 15) is 0 Å². The first-order valence-corrected chi connectivity index (χ1v) is 6.13. The van der Waals surface area contributed by atoms with Crippen LogP contribution >= 0.6 is 15.9 Å². The topological polar surface area (TPSA) is 48.1 Å². The standard InChI is InChI=1S/C13H13BrN2O/c14-11-5-6-13(16-9-11)17-8-7-10-3-1-2-4-12(10)15/h1-6,9H,7-8,15H2. The Morgan fingerprint density at radius 1 is 1.18 bits per heavy atom. The lowest BCUT2D eigenvalue weighted by atomic mass is 10.1. The molecule has 1 aromatic heterocycles. The van der Waals surface area contributed by atoms with Gasteiger partial charge in [-0.1, -0.05) is 18.2 Å². The van der Waals surface area contributed by atoms with E-state index in [4.69, 9.17) is 10.5 Å². The molecule has 0 amide bonds. The molecule has 4 heteroatoms. The molecule has 17 heavy (non-hydrogen) atoms. The van der Waals surface area contributed by atoms with Gasteiger partial charge >= 0.3 is 0 Å². The summed E-state index contributed by atoms with van der Waals surface area (Å²) in [6.45, 7) is 0.572. The average molecular weight is 293 g/mol. The van der Waals surface area contributed by atoms with Gasteiger partial charge in [-0.25, -0.2) is 4.98 Å². The van der Waals surface area contributed by atoms with Gasteiger partial charge in [0.05, 0.1) is 6.61 Å². The molecule has 3 nitrogen and oxygen atoms in total. The van der Waals surface area contributed by atoms with E-state index in [-0.39, 0.29) is 0 Å². The first-order valence-electron chi connectivity index (χ1n) is 5.33. The molecule has 0 aliphatic rings. The smallest absolute Gasteiger partial charge is 0.213 e. The number of ether oxygens (including phenoxy) is 1. The predicted octanol–water partition coefficient (Wildman–Crippen LogP) is 3.05. The number of anilines is 1. The van der Waals surface area contributed by atoms with Crippen molar-refractivity contribution >= 4 is 21.6 Å². The first-order chi connectivity index (χ1) is 8.25. The molecular formula is C13H13BrN2O. The van der Waals surface area contributed by atoms with Crippen molar-refractivity contribution in [3.8, 4) is 5.88 Å². The zero-order valence-electron chi connectivity index (χ0n) is 9.27. The van der Waals surface area contributed by atoms with Crippen LogP contribution in [0, 0.1) is 0 Å². The van der Waals surface area contributed by atoms with Gasteiger partial charge in [-0.3, -0.25) is 0 Å². The Hall–Kier alpha value is -1.55. The molecule has 0 bridgehead atoms. The number of nitrogens with two attached hydrogens (primary N) is 1. The summed E-state index contributed by atoms with van der Waals surface area (Å²) in [5.41, 5.74) is 7.75. The third-order valence-electron chi connectivity index (χ3n) is 2.38. The van der Waals surface area contributed by atoms with Gasteiger partial charge in [0.15, 0.2) is 0 Å². The van der Waals surface area contributed by atoms with E-state index in [1.807, 2.05) is 36.4 Å². The number of benzene rings is 1. The van der Waals surface area contributed by atoms with Crippen LogP contribution in [-0.4, -0.2) is 11.6 Å². The minimum Gasteiger partial charge on any atom is -0.477 e. The van der Waals surface area contributed by atoms with Crippen molar-refractivity contribution in [3.05, 3.63) is 52.6 Å². The number of aromatic nitrogens is 1. The maximum Gasteiger partial charge on any atom is 0.213 e. The SMILES string of the molecule is Nc1ccccc1CCOc1ccc(Br)cn1. The molecule has 0 radical (unpaired) electrons. The van der Waals surface area contributed by atoms with E-state index in [1.165, 1.54) is 0 Å². The maximum absolute atomic E-state index is 5.84. The van der Waals surface area contributed by atoms with E-state index >= 15 is 0 Å². The number of hydrogen-bond donors (Lipinski definition) is 1. The van der Waals surface area contributed by atoms with Crippen LogP contribution < -0.4 is 10.5 Å². The Morgan fingerprint density at radius 2 is 2.00 bits per heavy atom. The lowest BCUT2D eigenvalue weighted by molar-refractivity contribution is 0.309. The molecule has 0 spiro atoms. The molecule has 0 fully saturated rings.